The standard InChI is InChI=1S/C11H13NO5S/c1-7(2)17-18(14,15)8-4-5-9-10(6-8)16-11(13)12(9)3/h4-7H,1-3H3. The number of nitrogens with zero attached hydrogens (tertiary/aromatic N) is 1. The Morgan fingerprint density at radius 2 is 2.00 bits per heavy atom. The molecule has 2 aromatic rings. The molecule has 0 saturated heterocycles. The van der Waals surface area contributed by atoms with E-state index in [0.717, 1.165) is 0 Å². The average molecular weight is 271 g/mol. The molecular formula is C11H13NO5S. The maximum atomic E-state index is 11.8. The van der Waals surface area contributed by atoms with E-state index in [1.54, 1.807) is 20.9 Å². The van der Waals surface area contributed by atoms with E-state index in [2.05, 4.69) is 0 Å². The van der Waals surface area contributed by atoms with Crippen LogP contribution in [0.2, 0.25) is 0 Å². The molecule has 1 heterocycles. The first kappa shape index (κ1) is 12.8. The van der Waals surface area contributed by atoms with Gasteiger partial charge in [-0.15, -0.1) is 0 Å². The fourth-order valence-corrected chi connectivity index (χ4v) is 2.68. The predicted molar refractivity (Wildman–Crippen MR) is 64.9 cm³/mol. The minimum Gasteiger partial charge on any atom is -0.408 e. The molecule has 0 amide bonds. The third-order valence-corrected chi connectivity index (χ3v) is 3.84. The number of rotatable bonds is 3. The van der Waals surface area contributed by atoms with Gasteiger partial charge in [0.1, 0.15) is 0 Å². The minimum absolute atomic E-state index is 0.0296. The SMILES string of the molecule is CC(C)OS(=O)(=O)c1ccc2c(c1)oc(=O)n2C. The topological polar surface area (TPSA) is 78.5 Å². The van der Waals surface area contributed by atoms with Crippen LogP contribution in [-0.4, -0.2) is 19.1 Å². The van der Waals surface area contributed by atoms with Gasteiger partial charge in [0.15, 0.2) is 5.58 Å². The van der Waals surface area contributed by atoms with Gasteiger partial charge in [0.25, 0.3) is 10.1 Å². The molecule has 0 fully saturated rings. The first-order chi connectivity index (χ1) is 8.31. The number of oxazole rings is 1. The summed E-state index contributed by atoms with van der Waals surface area (Å²) in [6, 6.07) is 4.18. The third kappa shape index (κ3) is 2.19. The first-order valence-corrected chi connectivity index (χ1v) is 6.75. The second-order valence-corrected chi connectivity index (χ2v) is 5.73. The Kier molecular flexibility index (Phi) is 3.04. The van der Waals surface area contributed by atoms with E-state index in [9.17, 15) is 13.2 Å². The van der Waals surface area contributed by atoms with Crippen molar-refractivity contribution < 1.29 is 17.0 Å². The van der Waals surface area contributed by atoms with Crippen LogP contribution in [0.25, 0.3) is 11.1 Å². The molecule has 6 nitrogen and oxygen atoms in total. The van der Waals surface area contributed by atoms with Crippen molar-refractivity contribution in [3.05, 3.63) is 28.7 Å². The normalized spacial score (nSPS) is 12.4. The van der Waals surface area contributed by atoms with Gasteiger partial charge in [-0.3, -0.25) is 8.75 Å². The second kappa shape index (κ2) is 4.25. The molecule has 0 saturated carbocycles. The molecule has 0 atom stereocenters. The molecular weight excluding hydrogens is 258 g/mol. The van der Waals surface area contributed by atoms with Crippen LogP contribution >= 0.6 is 0 Å². The van der Waals surface area contributed by atoms with Crippen molar-refractivity contribution in [2.75, 3.05) is 0 Å². The lowest BCUT2D eigenvalue weighted by Crippen LogP contribution is -2.12. The maximum absolute atomic E-state index is 11.8. The van der Waals surface area contributed by atoms with Crippen LogP contribution in [0, 0.1) is 0 Å². The third-order valence-electron chi connectivity index (χ3n) is 2.37. The number of aromatic nitrogens is 1. The van der Waals surface area contributed by atoms with Crippen molar-refractivity contribution in [3.8, 4) is 0 Å². The van der Waals surface area contributed by atoms with Gasteiger partial charge in [-0.2, -0.15) is 8.42 Å². The summed E-state index contributed by atoms with van der Waals surface area (Å²) in [6.45, 7) is 3.25. The quantitative estimate of drug-likeness (QED) is 0.785. The Balaban J connectivity index is 2.58. The summed E-state index contributed by atoms with van der Waals surface area (Å²) >= 11 is 0. The van der Waals surface area contributed by atoms with Gasteiger partial charge in [0.05, 0.1) is 16.5 Å². The Hall–Kier alpha value is -1.60. The Morgan fingerprint density at radius 1 is 1.33 bits per heavy atom. The van der Waals surface area contributed by atoms with Crippen molar-refractivity contribution in [1.29, 1.82) is 0 Å². The molecule has 0 spiro atoms. The number of fused-ring (bicyclic) bond motifs is 1. The molecule has 0 aliphatic heterocycles. The number of aryl methyl sites for hydroxylation is 1. The minimum atomic E-state index is -3.83. The highest BCUT2D eigenvalue weighted by molar-refractivity contribution is 7.86. The van der Waals surface area contributed by atoms with Crippen LogP contribution < -0.4 is 5.76 Å². The van der Waals surface area contributed by atoms with Gasteiger partial charge in [-0.1, -0.05) is 0 Å². The highest BCUT2D eigenvalue weighted by Gasteiger charge is 2.19. The maximum Gasteiger partial charge on any atom is 0.419 e. The molecule has 0 unspecified atom stereocenters. The predicted octanol–water partition coefficient (Wildman–Crippen LogP) is 1.25. The molecule has 0 aliphatic carbocycles. The number of benzene rings is 1. The van der Waals surface area contributed by atoms with Crippen LogP contribution in [0.3, 0.4) is 0 Å². The summed E-state index contributed by atoms with van der Waals surface area (Å²) in [4.78, 5) is 11.3. The summed E-state index contributed by atoms with van der Waals surface area (Å²) in [6.07, 6.45) is -0.450. The van der Waals surface area contributed by atoms with Crippen LogP contribution in [0.1, 0.15) is 13.8 Å². The first-order valence-electron chi connectivity index (χ1n) is 5.34. The zero-order valence-electron chi connectivity index (χ0n) is 10.2. The zero-order valence-corrected chi connectivity index (χ0v) is 11.0. The lowest BCUT2D eigenvalue weighted by molar-refractivity contribution is 0.249. The molecule has 1 aromatic carbocycles. The summed E-state index contributed by atoms with van der Waals surface area (Å²) in [5.74, 6) is -0.538. The molecule has 98 valence electrons. The smallest absolute Gasteiger partial charge is 0.408 e. The van der Waals surface area contributed by atoms with Crippen molar-refractivity contribution in [2.45, 2.75) is 24.8 Å². The Morgan fingerprint density at radius 3 is 2.61 bits per heavy atom. The van der Waals surface area contributed by atoms with Gasteiger partial charge < -0.3 is 4.42 Å². The molecule has 18 heavy (non-hydrogen) atoms. The second-order valence-electron chi connectivity index (χ2n) is 4.16. The Labute approximate surface area is 104 Å². The molecule has 7 heteroatoms. The lowest BCUT2D eigenvalue weighted by atomic mass is 10.3. The zero-order chi connectivity index (χ0) is 13.5. The summed E-state index contributed by atoms with van der Waals surface area (Å²) < 4.78 is 34.7. The monoisotopic (exact) mass is 271 g/mol. The molecule has 0 radical (unpaired) electrons. The fourth-order valence-electron chi connectivity index (χ4n) is 1.58. The van der Waals surface area contributed by atoms with E-state index in [1.807, 2.05) is 0 Å². The Bertz CT molecular complexity index is 738. The molecule has 0 N–H and O–H groups in total. The summed E-state index contributed by atoms with van der Waals surface area (Å²) in [5.41, 5.74) is 0.749. The van der Waals surface area contributed by atoms with E-state index in [4.69, 9.17) is 8.60 Å². The molecule has 1 aromatic heterocycles. The molecule has 0 bridgehead atoms. The molecule has 2 rings (SSSR count). The van der Waals surface area contributed by atoms with Crippen molar-refractivity contribution in [3.63, 3.8) is 0 Å². The van der Waals surface area contributed by atoms with Gasteiger partial charge >= 0.3 is 5.76 Å². The van der Waals surface area contributed by atoms with Crippen LogP contribution in [0.5, 0.6) is 0 Å². The molecule has 0 aliphatic rings. The van der Waals surface area contributed by atoms with E-state index in [0.29, 0.717) is 5.52 Å². The van der Waals surface area contributed by atoms with Gasteiger partial charge in [-0.05, 0) is 26.0 Å². The van der Waals surface area contributed by atoms with E-state index in [-0.39, 0.29) is 10.5 Å². The van der Waals surface area contributed by atoms with Gasteiger partial charge in [0, 0.05) is 13.1 Å². The van der Waals surface area contributed by atoms with Crippen LogP contribution in [0.4, 0.5) is 0 Å². The summed E-state index contributed by atoms with van der Waals surface area (Å²) in [7, 11) is -2.28. The van der Waals surface area contributed by atoms with E-state index in [1.165, 1.54) is 22.8 Å². The highest BCUT2D eigenvalue weighted by Crippen LogP contribution is 2.20. The fraction of sp³-hybridized carbons (Fsp3) is 0.364. The van der Waals surface area contributed by atoms with Gasteiger partial charge in [0.2, 0.25) is 0 Å². The van der Waals surface area contributed by atoms with Crippen molar-refractivity contribution in [2.24, 2.45) is 7.05 Å². The van der Waals surface area contributed by atoms with E-state index < -0.39 is 22.0 Å². The average Bonchev–Trinajstić information content (AvgIpc) is 2.52. The van der Waals surface area contributed by atoms with Crippen molar-refractivity contribution >= 4 is 21.2 Å². The lowest BCUT2D eigenvalue weighted by Gasteiger charge is -2.07. The van der Waals surface area contributed by atoms with Gasteiger partial charge in [-0.25, -0.2) is 4.79 Å². The highest BCUT2D eigenvalue weighted by atomic mass is 32.2. The summed E-state index contributed by atoms with van der Waals surface area (Å²) in [5, 5.41) is 0. The van der Waals surface area contributed by atoms with Crippen LogP contribution in [-0.2, 0) is 21.3 Å². The number of hydrogen-bond donors (Lipinski definition) is 0. The number of hydrogen-bond acceptors (Lipinski definition) is 5. The van der Waals surface area contributed by atoms with E-state index >= 15 is 0 Å². The van der Waals surface area contributed by atoms with Crippen molar-refractivity contribution in [1.82, 2.24) is 4.57 Å². The van der Waals surface area contributed by atoms with Crippen LogP contribution in [0.15, 0.2) is 32.3 Å². The largest absolute Gasteiger partial charge is 0.419 e.